The Morgan fingerprint density at radius 1 is 1.03 bits per heavy atom. The fourth-order valence-corrected chi connectivity index (χ4v) is 4.67. The monoisotopic (exact) mass is 486 g/mol. The molecule has 1 unspecified atom stereocenters. The molecule has 0 aliphatic carbocycles. The molecule has 0 N–H and O–H groups in total. The second kappa shape index (κ2) is 9.84. The Morgan fingerprint density at radius 3 is 2.46 bits per heavy atom. The molecule has 2 aromatic carbocycles. The van der Waals surface area contributed by atoms with E-state index in [1.54, 1.807) is 31.7 Å². The van der Waals surface area contributed by atoms with Gasteiger partial charge >= 0.3 is 12.2 Å². The average molecular weight is 487 g/mol. The van der Waals surface area contributed by atoms with Crippen LogP contribution in [0.1, 0.15) is 43.9 Å². The van der Waals surface area contributed by atoms with Crippen molar-refractivity contribution in [3.8, 4) is 0 Å². The van der Waals surface area contributed by atoms with E-state index in [1.807, 2.05) is 42.5 Å². The smallest absolute Gasteiger partial charge is 0.414 e. The third-order valence-electron chi connectivity index (χ3n) is 6.41. The van der Waals surface area contributed by atoms with Gasteiger partial charge in [0, 0.05) is 19.0 Å². The summed E-state index contributed by atoms with van der Waals surface area (Å²) in [6.45, 7) is 5.34. The number of rotatable bonds is 4. The zero-order valence-electron chi connectivity index (χ0n) is 20.4. The number of carbonyl (C=O) groups is 2. The maximum absolute atomic E-state index is 15.1. The Labute approximate surface area is 204 Å². The normalized spacial score (nSPS) is 19.3. The quantitative estimate of drug-likeness (QED) is 0.546. The van der Waals surface area contributed by atoms with E-state index >= 15 is 8.78 Å². The first kappa shape index (κ1) is 24.9. The highest BCUT2D eigenvalue weighted by atomic mass is 19.3. The van der Waals surface area contributed by atoms with Gasteiger partial charge in [0.15, 0.2) is 0 Å². The van der Waals surface area contributed by atoms with Crippen molar-refractivity contribution in [3.63, 3.8) is 0 Å². The zero-order valence-corrected chi connectivity index (χ0v) is 20.4. The molecular weight excluding hydrogens is 454 g/mol. The Kier molecular flexibility index (Phi) is 7.01. The predicted molar refractivity (Wildman–Crippen MR) is 129 cm³/mol. The number of ether oxygens (including phenoxy) is 2. The Bertz CT molecular complexity index is 1070. The largest absolute Gasteiger partial charge is 0.444 e. The van der Waals surface area contributed by atoms with Crippen LogP contribution in [0.3, 0.4) is 0 Å². The minimum absolute atomic E-state index is 0.174. The number of amides is 2. The number of halogens is 2. The fraction of sp³-hybridized carbons (Fsp3) is 0.481. The summed E-state index contributed by atoms with van der Waals surface area (Å²) in [6.07, 6.45) is -0.195. The predicted octanol–water partition coefficient (Wildman–Crippen LogP) is 5.82. The number of hydrogen-bond acceptors (Lipinski definition) is 4. The number of alkyl halides is 2. The van der Waals surface area contributed by atoms with Crippen LogP contribution < -0.4 is 4.90 Å². The topological polar surface area (TPSA) is 59.1 Å². The number of benzene rings is 2. The minimum atomic E-state index is -3.04. The first-order valence-electron chi connectivity index (χ1n) is 12.0. The summed E-state index contributed by atoms with van der Waals surface area (Å²) in [4.78, 5) is 27.7. The lowest BCUT2D eigenvalue weighted by Crippen LogP contribution is -2.52. The molecule has 1 fully saturated rings. The molecule has 2 amide bonds. The maximum atomic E-state index is 15.1. The van der Waals surface area contributed by atoms with Crippen LogP contribution in [0.5, 0.6) is 0 Å². The minimum Gasteiger partial charge on any atom is -0.444 e. The number of fused-ring (bicyclic) bond motifs is 1. The van der Waals surface area contributed by atoms with E-state index < -0.39 is 36.2 Å². The molecule has 6 nitrogen and oxygen atoms in total. The Balaban J connectivity index is 1.41. The summed E-state index contributed by atoms with van der Waals surface area (Å²) in [5.41, 5.74) is 2.61. The molecule has 2 aliphatic heterocycles. The lowest BCUT2D eigenvalue weighted by molar-refractivity contribution is -0.110. The molecule has 8 heteroatoms. The zero-order chi connectivity index (χ0) is 25.2. The molecule has 0 bridgehead atoms. The van der Waals surface area contributed by atoms with E-state index in [0.29, 0.717) is 13.0 Å². The van der Waals surface area contributed by atoms with Crippen LogP contribution in [0.15, 0.2) is 48.5 Å². The van der Waals surface area contributed by atoms with Gasteiger partial charge in [0.2, 0.25) is 0 Å². The van der Waals surface area contributed by atoms with Crippen molar-refractivity contribution in [3.05, 3.63) is 65.2 Å². The van der Waals surface area contributed by atoms with E-state index in [4.69, 9.17) is 9.47 Å². The van der Waals surface area contributed by atoms with Gasteiger partial charge in [0.05, 0.1) is 12.2 Å². The second-order valence-electron chi connectivity index (χ2n) is 10.2. The molecule has 0 saturated carbocycles. The van der Waals surface area contributed by atoms with Gasteiger partial charge in [0.25, 0.3) is 5.92 Å². The number of likely N-dealkylation sites (tertiary alicyclic amines) is 1. The molecule has 1 saturated heterocycles. The SMILES string of the molecule is CC(C)(C)OC(=O)N1CCC(Cc2cccc3c2CCN3C(=O)OCc2ccccc2)C(F)(F)C1. The Hall–Kier alpha value is -3.16. The van der Waals surface area contributed by atoms with Crippen LogP contribution in [-0.4, -0.2) is 48.2 Å². The van der Waals surface area contributed by atoms with Gasteiger partial charge in [-0.05, 0) is 62.8 Å². The van der Waals surface area contributed by atoms with Crippen molar-refractivity contribution < 1.29 is 27.8 Å². The molecule has 2 aliphatic rings. The molecule has 0 spiro atoms. The summed E-state index contributed by atoms with van der Waals surface area (Å²) in [6, 6.07) is 14.9. The number of piperidine rings is 1. The third-order valence-corrected chi connectivity index (χ3v) is 6.41. The third kappa shape index (κ3) is 5.92. The first-order valence-corrected chi connectivity index (χ1v) is 12.0. The highest BCUT2D eigenvalue weighted by molar-refractivity contribution is 5.90. The first-order chi connectivity index (χ1) is 16.5. The number of nitrogens with zero attached hydrogens (tertiary/aromatic N) is 2. The molecule has 2 heterocycles. The highest BCUT2D eigenvalue weighted by Gasteiger charge is 2.46. The van der Waals surface area contributed by atoms with E-state index in [1.165, 1.54) is 0 Å². The molecular formula is C27H32F2N2O4. The van der Waals surface area contributed by atoms with Gasteiger partial charge in [-0.2, -0.15) is 0 Å². The Morgan fingerprint density at radius 2 is 1.77 bits per heavy atom. The number of carbonyl (C=O) groups excluding carboxylic acids is 2. The van der Waals surface area contributed by atoms with E-state index in [9.17, 15) is 9.59 Å². The van der Waals surface area contributed by atoms with E-state index in [-0.39, 0.29) is 26.0 Å². The van der Waals surface area contributed by atoms with Crippen LogP contribution in [0, 0.1) is 5.92 Å². The molecule has 188 valence electrons. The molecule has 4 rings (SSSR count). The summed E-state index contributed by atoms with van der Waals surface area (Å²) in [5.74, 6) is -3.93. The van der Waals surface area contributed by atoms with Crippen LogP contribution in [0.2, 0.25) is 0 Å². The number of hydrogen-bond donors (Lipinski definition) is 0. The van der Waals surface area contributed by atoms with Crippen molar-refractivity contribution in [1.29, 1.82) is 0 Å². The summed E-state index contributed by atoms with van der Waals surface area (Å²) >= 11 is 0. The van der Waals surface area contributed by atoms with Crippen molar-refractivity contribution in [2.45, 2.75) is 58.2 Å². The van der Waals surface area contributed by atoms with Crippen LogP contribution in [0.4, 0.5) is 24.1 Å². The highest BCUT2D eigenvalue weighted by Crippen LogP contribution is 2.39. The molecule has 1 atom stereocenters. The van der Waals surface area contributed by atoms with E-state index in [0.717, 1.165) is 27.3 Å². The van der Waals surface area contributed by atoms with Gasteiger partial charge in [-0.15, -0.1) is 0 Å². The standard InChI is InChI=1S/C27H32F2N2O4/c1-26(2,3)35-24(32)30-14-12-21(27(28,29)18-30)16-20-10-7-11-23-22(20)13-15-31(23)25(33)34-17-19-8-5-4-6-9-19/h4-11,21H,12-18H2,1-3H3. The number of anilines is 1. The molecule has 2 aromatic rings. The van der Waals surface area contributed by atoms with Gasteiger partial charge in [-0.25, -0.2) is 18.4 Å². The average Bonchev–Trinajstić information content (AvgIpc) is 3.23. The molecule has 0 radical (unpaired) electrons. The lowest BCUT2D eigenvalue weighted by Gasteiger charge is -2.39. The summed E-state index contributed by atoms with van der Waals surface area (Å²) in [7, 11) is 0. The van der Waals surface area contributed by atoms with E-state index in [2.05, 4.69) is 0 Å². The molecule has 0 aromatic heterocycles. The van der Waals surface area contributed by atoms with Crippen molar-refractivity contribution in [1.82, 2.24) is 4.90 Å². The van der Waals surface area contributed by atoms with Crippen molar-refractivity contribution >= 4 is 17.9 Å². The lowest BCUT2D eigenvalue weighted by atomic mass is 9.85. The fourth-order valence-electron chi connectivity index (χ4n) is 4.67. The maximum Gasteiger partial charge on any atom is 0.414 e. The van der Waals surface area contributed by atoms with Gasteiger partial charge in [-0.3, -0.25) is 4.90 Å². The van der Waals surface area contributed by atoms with Crippen molar-refractivity contribution in [2.24, 2.45) is 5.92 Å². The van der Waals surface area contributed by atoms with Crippen LogP contribution in [0.25, 0.3) is 0 Å². The van der Waals surface area contributed by atoms with Crippen LogP contribution >= 0.6 is 0 Å². The van der Waals surface area contributed by atoms with Gasteiger partial charge in [-0.1, -0.05) is 42.5 Å². The van der Waals surface area contributed by atoms with Gasteiger partial charge < -0.3 is 14.4 Å². The van der Waals surface area contributed by atoms with Crippen molar-refractivity contribution in [2.75, 3.05) is 24.5 Å². The second-order valence-corrected chi connectivity index (χ2v) is 10.2. The summed E-state index contributed by atoms with van der Waals surface area (Å²) < 4.78 is 40.9. The van der Waals surface area contributed by atoms with Gasteiger partial charge in [0.1, 0.15) is 12.2 Å². The van der Waals surface area contributed by atoms with Crippen LogP contribution in [-0.2, 0) is 28.9 Å². The summed E-state index contributed by atoms with van der Waals surface area (Å²) in [5, 5.41) is 0. The molecule has 35 heavy (non-hydrogen) atoms.